The lowest BCUT2D eigenvalue weighted by atomic mass is 9.84. The molecule has 0 aliphatic heterocycles. The third kappa shape index (κ3) is 5.30. The van der Waals surface area contributed by atoms with Gasteiger partial charge in [-0.05, 0) is 104 Å². The second kappa shape index (κ2) is 9.63. The topological polar surface area (TPSA) is 20.2 Å². The standard InChI is InChI=1S/C26H30ClFO/c1-17(29)8-9-20-10-11-21(19(3)18(20)2)12-13-22-6-4-5-7-24(22)23-14-15-25(27)26(28)16-23/h10-11,14-16,29H,1,4-9,12-13H2,2-3H3. The zero-order chi connectivity index (χ0) is 21.0. The molecule has 2 aromatic rings. The van der Waals surface area contributed by atoms with E-state index in [-0.39, 0.29) is 16.6 Å². The first-order chi connectivity index (χ1) is 13.9. The lowest BCUT2D eigenvalue weighted by Crippen LogP contribution is -2.03. The Hall–Kier alpha value is -2.06. The molecule has 154 valence electrons. The van der Waals surface area contributed by atoms with E-state index in [4.69, 9.17) is 11.6 Å². The second-order valence-electron chi connectivity index (χ2n) is 8.12. The predicted molar refractivity (Wildman–Crippen MR) is 121 cm³/mol. The van der Waals surface area contributed by atoms with Crippen LogP contribution in [0.25, 0.3) is 5.57 Å². The van der Waals surface area contributed by atoms with Gasteiger partial charge in [0.25, 0.3) is 0 Å². The highest BCUT2D eigenvalue weighted by molar-refractivity contribution is 6.30. The van der Waals surface area contributed by atoms with Gasteiger partial charge in [0.2, 0.25) is 0 Å². The average molecular weight is 413 g/mol. The SMILES string of the molecule is C=C(O)CCc1ccc(CCC2=C(c3ccc(Cl)c(F)c3)CCCC2)c(C)c1C. The van der Waals surface area contributed by atoms with Crippen molar-refractivity contribution in [1.29, 1.82) is 0 Å². The van der Waals surface area contributed by atoms with Gasteiger partial charge in [-0.3, -0.25) is 0 Å². The largest absolute Gasteiger partial charge is 0.513 e. The van der Waals surface area contributed by atoms with Crippen molar-refractivity contribution in [2.45, 2.75) is 65.2 Å². The Balaban J connectivity index is 1.79. The van der Waals surface area contributed by atoms with Crippen LogP contribution in [0.5, 0.6) is 0 Å². The van der Waals surface area contributed by atoms with Crippen molar-refractivity contribution in [3.8, 4) is 0 Å². The molecule has 0 unspecified atom stereocenters. The molecule has 29 heavy (non-hydrogen) atoms. The molecule has 0 heterocycles. The minimum atomic E-state index is -0.339. The first kappa shape index (κ1) is 21.6. The molecule has 0 saturated carbocycles. The fourth-order valence-electron chi connectivity index (χ4n) is 4.32. The molecule has 1 aliphatic carbocycles. The third-order valence-electron chi connectivity index (χ3n) is 6.24. The highest BCUT2D eigenvalue weighted by Crippen LogP contribution is 2.36. The maximum absolute atomic E-state index is 14.0. The van der Waals surface area contributed by atoms with Gasteiger partial charge in [-0.15, -0.1) is 0 Å². The van der Waals surface area contributed by atoms with Crippen LogP contribution in [0.2, 0.25) is 5.02 Å². The molecular formula is C26H30ClFO. The first-order valence-corrected chi connectivity index (χ1v) is 10.9. The van der Waals surface area contributed by atoms with E-state index in [0.717, 1.165) is 44.1 Å². The number of allylic oxidation sites excluding steroid dienone is 3. The molecule has 2 aromatic carbocycles. The lowest BCUT2D eigenvalue weighted by Gasteiger charge is -2.22. The molecule has 0 bridgehead atoms. The minimum absolute atomic E-state index is 0.183. The fourth-order valence-corrected chi connectivity index (χ4v) is 4.43. The summed E-state index contributed by atoms with van der Waals surface area (Å²) in [6, 6.07) is 9.61. The zero-order valence-corrected chi connectivity index (χ0v) is 18.2. The number of hydrogen-bond donors (Lipinski definition) is 1. The summed E-state index contributed by atoms with van der Waals surface area (Å²) in [6.07, 6.45) is 7.89. The monoisotopic (exact) mass is 412 g/mol. The minimum Gasteiger partial charge on any atom is -0.513 e. The van der Waals surface area contributed by atoms with E-state index in [0.29, 0.717) is 6.42 Å². The molecule has 3 rings (SSSR count). The fraction of sp³-hybridized carbons (Fsp3) is 0.385. The molecule has 0 radical (unpaired) electrons. The molecule has 1 N–H and O–H groups in total. The van der Waals surface area contributed by atoms with Crippen molar-refractivity contribution >= 4 is 17.2 Å². The molecule has 3 heteroatoms. The van der Waals surface area contributed by atoms with Gasteiger partial charge >= 0.3 is 0 Å². The number of rotatable bonds is 7. The van der Waals surface area contributed by atoms with Crippen molar-refractivity contribution in [3.05, 3.63) is 86.9 Å². The number of aliphatic hydroxyl groups is 1. The molecule has 1 nitrogen and oxygen atoms in total. The predicted octanol–water partition coefficient (Wildman–Crippen LogP) is 8.06. The van der Waals surface area contributed by atoms with Gasteiger partial charge in [-0.1, -0.05) is 42.0 Å². The molecule has 0 fully saturated rings. The van der Waals surface area contributed by atoms with Gasteiger partial charge < -0.3 is 5.11 Å². The highest BCUT2D eigenvalue weighted by Gasteiger charge is 2.16. The summed E-state index contributed by atoms with van der Waals surface area (Å²) >= 11 is 5.87. The van der Waals surface area contributed by atoms with E-state index < -0.39 is 0 Å². The molecule has 0 aromatic heterocycles. The third-order valence-corrected chi connectivity index (χ3v) is 6.55. The van der Waals surface area contributed by atoms with E-state index in [1.165, 1.54) is 39.8 Å². The quantitative estimate of drug-likeness (QED) is 0.456. The van der Waals surface area contributed by atoms with Crippen molar-refractivity contribution in [3.63, 3.8) is 0 Å². The Bertz CT molecular complexity index is 942. The van der Waals surface area contributed by atoms with Gasteiger partial charge in [0.05, 0.1) is 10.8 Å². The Labute approximate surface area is 178 Å². The zero-order valence-electron chi connectivity index (χ0n) is 17.5. The van der Waals surface area contributed by atoms with E-state index in [1.807, 2.05) is 6.07 Å². The molecule has 1 aliphatic rings. The molecule has 0 spiro atoms. The number of benzene rings is 2. The molecule has 0 amide bonds. The molecule has 0 atom stereocenters. The Morgan fingerprint density at radius 2 is 1.66 bits per heavy atom. The van der Waals surface area contributed by atoms with E-state index in [1.54, 1.807) is 12.1 Å². The highest BCUT2D eigenvalue weighted by atomic mass is 35.5. The Morgan fingerprint density at radius 3 is 2.31 bits per heavy atom. The number of aryl methyl sites for hydroxylation is 2. The molecular weight excluding hydrogens is 383 g/mol. The van der Waals surface area contributed by atoms with Gasteiger partial charge in [-0.2, -0.15) is 0 Å². The number of halogens is 2. The summed E-state index contributed by atoms with van der Waals surface area (Å²) in [4.78, 5) is 0. The first-order valence-electron chi connectivity index (χ1n) is 10.5. The van der Waals surface area contributed by atoms with E-state index >= 15 is 0 Å². The van der Waals surface area contributed by atoms with Crippen LogP contribution in [0.4, 0.5) is 4.39 Å². The lowest BCUT2D eigenvalue weighted by molar-refractivity contribution is 0.391. The summed E-state index contributed by atoms with van der Waals surface area (Å²) in [7, 11) is 0. The maximum Gasteiger partial charge on any atom is 0.142 e. The van der Waals surface area contributed by atoms with Crippen LogP contribution in [0.15, 0.2) is 48.2 Å². The van der Waals surface area contributed by atoms with Crippen molar-refractivity contribution < 1.29 is 9.50 Å². The van der Waals surface area contributed by atoms with Crippen molar-refractivity contribution in [1.82, 2.24) is 0 Å². The summed E-state index contributed by atoms with van der Waals surface area (Å²) in [5.41, 5.74) is 9.02. The summed E-state index contributed by atoms with van der Waals surface area (Å²) in [5.74, 6) is -0.101. The van der Waals surface area contributed by atoms with Gasteiger partial charge in [0, 0.05) is 6.42 Å². The number of hydrogen-bond acceptors (Lipinski definition) is 1. The maximum atomic E-state index is 14.0. The average Bonchev–Trinajstić information content (AvgIpc) is 2.70. The smallest absolute Gasteiger partial charge is 0.142 e. The Kier molecular flexibility index (Phi) is 7.18. The van der Waals surface area contributed by atoms with Crippen LogP contribution in [-0.4, -0.2) is 5.11 Å². The van der Waals surface area contributed by atoms with Crippen LogP contribution >= 0.6 is 11.6 Å². The Morgan fingerprint density at radius 1 is 1.00 bits per heavy atom. The van der Waals surface area contributed by atoms with Gasteiger partial charge in [0.1, 0.15) is 5.82 Å². The van der Waals surface area contributed by atoms with Crippen LogP contribution in [-0.2, 0) is 12.8 Å². The van der Waals surface area contributed by atoms with E-state index in [9.17, 15) is 9.50 Å². The van der Waals surface area contributed by atoms with Gasteiger partial charge in [0.15, 0.2) is 0 Å². The molecule has 0 saturated heterocycles. The summed E-state index contributed by atoms with van der Waals surface area (Å²) in [6.45, 7) is 7.93. The van der Waals surface area contributed by atoms with Crippen LogP contribution in [0, 0.1) is 19.7 Å². The van der Waals surface area contributed by atoms with E-state index in [2.05, 4.69) is 32.6 Å². The van der Waals surface area contributed by atoms with Crippen molar-refractivity contribution in [2.24, 2.45) is 0 Å². The van der Waals surface area contributed by atoms with Crippen molar-refractivity contribution in [2.75, 3.05) is 0 Å². The van der Waals surface area contributed by atoms with Crippen LogP contribution < -0.4 is 0 Å². The normalized spacial score (nSPS) is 14.3. The summed E-state index contributed by atoms with van der Waals surface area (Å²) in [5, 5.41) is 9.56. The number of aliphatic hydroxyl groups excluding tert-OH is 1. The second-order valence-corrected chi connectivity index (χ2v) is 8.53. The van der Waals surface area contributed by atoms with Gasteiger partial charge in [-0.25, -0.2) is 4.39 Å². The summed E-state index contributed by atoms with van der Waals surface area (Å²) < 4.78 is 14.0. The van der Waals surface area contributed by atoms with Crippen LogP contribution in [0.1, 0.15) is 66.3 Å². The van der Waals surface area contributed by atoms with Crippen LogP contribution in [0.3, 0.4) is 0 Å².